The molecule has 0 aliphatic rings. The van der Waals surface area contributed by atoms with Crippen molar-refractivity contribution in [1.29, 1.82) is 0 Å². The Bertz CT molecular complexity index is 1990. The number of esters is 4. The van der Waals surface area contributed by atoms with E-state index in [0.717, 1.165) is 114 Å². The molecule has 0 saturated heterocycles. The van der Waals surface area contributed by atoms with E-state index in [4.69, 9.17) is 37.0 Å². The molecule has 0 heterocycles. The first kappa shape index (κ1) is 100. The third-order valence-corrected chi connectivity index (χ3v) is 21.6. The molecule has 606 valence electrons. The molecule has 0 aromatic carbocycles. The maximum absolute atomic E-state index is 13.1. The van der Waals surface area contributed by atoms with Crippen molar-refractivity contribution in [1.82, 2.24) is 0 Å². The van der Waals surface area contributed by atoms with Crippen LogP contribution >= 0.6 is 15.6 Å². The lowest BCUT2D eigenvalue weighted by Gasteiger charge is -2.21. The minimum Gasteiger partial charge on any atom is -0.462 e. The molecule has 0 saturated carbocycles. The summed E-state index contributed by atoms with van der Waals surface area (Å²) in [6.45, 7) is 14.3. The van der Waals surface area contributed by atoms with Gasteiger partial charge in [-0.3, -0.25) is 37.3 Å². The number of carbonyl (C=O) groups excluding carboxylic acids is 4. The van der Waals surface area contributed by atoms with Gasteiger partial charge in [0.15, 0.2) is 12.2 Å². The van der Waals surface area contributed by atoms with E-state index in [-0.39, 0.29) is 25.7 Å². The Morgan fingerprint density at radius 2 is 0.471 bits per heavy atom. The second-order valence-corrected chi connectivity index (χ2v) is 34.4. The van der Waals surface area contributed by atoms with Crippen LogP contribution in [0.1, 0.15) is 428 Å². The Morgan fingerprint density at radius 3 is 0.696 bits per heavy atom. The van der Waals surface area contributed by atoms with Gasteiger partial charge in [-0.15, -0.1) is 0 Å². The molecule has 0 radical (unpaired) electrons. The molecule has 3 N–H and O–H groups in total. The van der Waals surface area contributed by atoms with Crippen LogP contribution in [0.5, 0.6) is 0 Å². The van der Waals surface area contributed by atoms with Gasteiger partial charge >= 0.3 is 39.5 Å². The highest BCUT2D eigenvalue weighted by Crippen LogP contribution is 2.45. The van der Waals surface area contributed by atoms with Crippen molar-refractivity contribution >= 4 is 39.5 Å². The summed E-state index contributed by atoms with van der Waals surface area (Å²) < 4.78 is 68.8. The topological polar surface area (TPSA) is 237 Å². The van der Waals surface area contributed by atoms with E-state index in [0.29, 0.717) is 31.6 Å². The summed E-state index contributed by atoms with van der Waals surface area (Å²) >= 11 is 0. The van der Waals surface area contributed by atoms with Crippen LogP contribution in [0.15, 0.2) is 0 Å². The lowest BCUT2D eigenvalue weighted by Crippen LogP contribution is -2.30. The molecule has 0 fully saturated rings. The third kappa shape index (κ3) is 74.9. The fraction of sp³-hybridized carbons (Fsp3) is 0.952. The van der Waals surface area contributed by atoms with Crippen LogP contribution in [-0.4, -0.2) is 96.7 Å². The Hall–Kier alpha value is -1.94. The van der Waals surface area contributed by atoms with E-state index in [2.05, 4.69) is 55.4 Å². The largest absolute Gasteiger partial charge is 0.472 e. The highest BCUT2D eigenvalue weighted by molar-refractivity contribution is 7.47. The lowest BCUT2D eigenvalue weighted by molar-refractivity contribution is -0.161. The number of carbonyl (C=O) groups is 4. The van der Waals surface area contributed by atoms with Gasteiger partial charge in [0.05, 0.1) is 26.4 Å². The summed E-state index contributed by atoms with van der Waals surface area (Å²) in [5.74, 6) is 1.02. The van der Waals surface area contributed by atoms with E-state index in [1.165, 1.54) is 225 Å². The van der Waals surface area contributed by atoms with Crippen molar-refractivity contribution in [2.45, 2.75) is 446 Å². The highest BCUT2D eigenvalue weighted by atomic mass is 31.2. The van der Waals surface area contributed by atoms with Crippen LogP contribution in [0.4, 0.5) is 0 Å². The molecule has 0 rings (SSSR count). The molecule has 0 aliphatic heterocycles. The summed E-state index contributed by atoms with van der Waals surface area (Å²) in [5, 5.41) is 10.7. The Balaban J connectivity index is 5.19. The Morgan fingerprint density at radius 1 is 0.275 bits per heavy atom. The van der Waals surface area contributed by atoms with E-state index >= 15 is 0 Å². The van der Waals surface area contributed by atoms with Gasteiger partial charge < -0.3 is 33.8 Å². The number of phosphoric acid groups is 2. The molecule has 6 atom stereocenters. The Kier molecular flexibility index (Phi) is 70.6. The van der Waals surface area contributed by atoms with Crippen LogP contribution in [-0.2, 0) is 65.4 Å². The summed E-state index contributed by atoms with van der Waals surface area (Å²) in [6.07, 6.45) is 59.8. The quantitative estimate of drug-likeness (QED) is 0.0222. The molecule has 0 aliphatic carbocycles. The second-order valence-electron chi connectivity index (χ2n) is 31.5. The van der Waals surface area contributed by atoms with Gasteiger partial charge in [0.2, 0.25) is 0 Å². The number of hydrogen-bond donors (Lipinski definition) is 3. The number of hydrogen-bond acceptors (Lipinski definition) is 15. The van der Waals surface area contributed by atoms with Crippen molar-refractivity contribution in [3.8, 4) is 0 Å². The van der Waals surface area contributed by atoms with E-state index in [9.17, 15) is 43.2 Å². The molecule has 0 aromatic heterocycles. The van der Waals surface area contributed by atoms with Crippen LogP contribution in [0.3, 0.4) is 0 Å². The normalized spacial score (nSPS) is 14.3. The average Bonchev–Trinajstić information content (AvgIpc) is 0.915. The molecule has 19 heteroatoms. The van der Waals surface area contributed by atoms with Gasteiger partial charge in [-0.25, -0.2) is 9.13 Å². The number of aliphatic hydroxyl groups excluding tert-OH is 1. The van der Waals surface area contributed by atoms with Crippen molar-refractivity contribution in [2.24, 2.45) is 23.7 Å². The van der Waals surface area contributed by atoms with E-state index in [1.807, 2.05) is 0 Å². The van der Waals surface area contributed by atoms with Gasteiger partial charge in [-0.05, 0) is 49.4 Å². The number of unbranched alkanes of at least 4 members (excludes halogenated alkanes) is 45. The molecular weight excluding hydrogens is 1330 g/mol. The maximum atomic E-state index is 13.1. The first-order chi connectivity index (χ1) is 49.1. The van der Waals surface area contributed by atoms with Crippen LogP contribution in [0.2, 0.25) is 0 Å². The van der Waals surface area contributed by atoms with Gasteiger partial charge in [-0.2, -0.15) is 0 Å². The zero-order valence-corrected chi connectivity index (χ0v) is 69.0. The molecular formula is C83H162O17P2. The highest BCUT2D eigenvalue weighted by Gasteiger charge is 2.30. The maximum Gasteiger partial charge on any atom is 0.472 e. The van der Waals surface area contributed by atoms with Crippen LogP contribution < -0.4 is 0 Å². The smallest absolute Gasteiger partial charge is 0.462 e. The lowest BCUT2D eigenvalue weighted by atomic mass is 9.99. The molecule has 0 spiro atoms. The van der Waals surface area contributed by atoms with E-state index < -0.39 is 97.5 Å². The number of aliphatic hydroxyl groups is 1. The van der Waals surface area contributed by atoms with Gasteiger partial charge in [0.25, 0.3) is 0 Å². The number of rotatable bonds is 80. The third-order valence-electron chi connectivity index (χ3n) is 19.7. The molecule has 4 unspecified atom stereocenters. The summed E-state index contributed by atoms with van der Waals surface area (Å²) in [4.78, 5) is 73.1. The number of phosphoric ester groups is 2. The summed E-state index contributed by atoms with van der Waals surface area (Å²) in [7, 11) is -9.92. The fourth-order valence-electron chi connectivity index (χ4n) is 12.8. The molecule has 17 nitrogen and oxygen atoms in total. The SMILES string of the molecule is CCC(C)CCCCCCCCCCCCCCCCCCCCC(=O)O[C@H](COC(=O)CCCCCCCCCC(C)C)COP(=O)(O)OCC(O)COP(=O)(O)OC[C@@H](COC(=O)CCCCCCCCCCCCC(C)C)OC(=O)CCCCCCCCCCCCCCCCC(C)C. The van der Waals surface area contributed by atoms with Crippen molar-refractivity contribution < 1.29 is 80.2 Å². The van der Waals surface area contributed by atoms with E-state index in [1.54, 1.807) is 0 Å². The summed E-state index contributed by atoms with van der Waals surface area (Å²) in [6, 6.07) is 0. The number of ether oxygens (including phenoxy) is 4. The Labute approximate surface area is 626 Å². The van der Waals surface area contributed by atoms with Crippen molar-refractivity contribution in [3.05, 3.63) is 0 Å². The first-order valence-electron chi connectivity index (χ1n) is 42.7. The minimum absolute atomic E-state index is 0.107. The molecule has 0 amide bonds. The van der Waals surface area contributed by atoms with Gasteiger partial charge in [0, 0.05) is 25.7 Å². The molecule has 0 aromatic rings. The first-order valence-corrected chi connectivity index (χ1v) is 45.7. The zero-order chi connectivity index (χ0) is 75.3. The predicted octanol–water partition coefficient (Wildman–Crippen LogP) is 24.8. The molecule has 102 heavy (non-hydrogen) atoms. The molecule has 0 bridgehead atoms. The van der Waals surface area contributed by atoms with Crippen molar-refractivity contribution in [3.63, 3.8) is 0 Å². The fourth-order valence-corrected chi connectivity index (χ4v) is 14.3. The van der Waals surface area contributed by atoms with Crippen molar-refractivity contribution in [2.75, 3.05) is 39.6 Å². The van der Waals surface area contributed by atoms with Crippen LogP contribution in [0.25, 0.3) is 0 Å². The monoisotopic (exact) mass is 1490 g/mol. The zero-order valence-electron chi connectivity index (χ0n) is 67.2. The summed E-state index contributed by atoms with van der Waals surface area (Å²) in [5.41, 5.74) is 0. The second kappa shape index (κ2) is 72.0. The minimum atomic E-state index is -4.96. The van der Waals surface area contributed by atoms with Crippen LogP contribution in [0, 0.1) is 23.7 Å². The average molecular weight is 1490 g/mol. The van der Waals surface area contributed by atoms with Gasteiger partial charge in [-0.1, -0.05) is 376 Å². The van der Waals surface area contributed by atoms with Gasteiger partial charge in [0.1, 0.15) is 19.3 Å². The standard InChI is InChI=1S/C83H162O17P2/c1-9-76(8)62-54-46-38-30-23-19-14-12-10-11-13-15-20-24-32-40-49-57-65-83(88)100-79(70-94-81(86)64-56-48-42-34-37-45-53-61-75(6)7)72-98-102(91,92)96-68-77(84)67-95-101(89,90)97-71-78(69-93-80(85)63-55-47-39-31-27-26-29-36-44-52-60-74(4)5)99-82(87)66-58-50-41-33-25-21-17-16-18-22-28-35-43-51-59-73(2)3/h73-79,84H,9-72H2,1-8H3,(H,89,90)(H,91,92)/t76?,77?,78-,79-/m1/s1. The predicted molar refractivity (Wildman–Crippen MR) is 418 cm³/mol.